The number of aromatic nitrogens is 2. The van der Waals surface area contributed by atoms with Gasteiger partial charge in [0.2, 0.25) is 5.89 Å². The van der Waals surface area contributed by atoms with E-state index in [-0.39, 0.29) is 0 Å². The zero-order valence-corrected chi connectivity index (χ0v) is 13.0. The Hall–Kier alpha value is -1.92. The van der Waals surface area contributed by atoms with Crippen molar-refractivity contribution in [3.8, 4) is 0 Å². The summed E-state index contributed by atoms with van der Waals surface area (Å²) in [4.78, 5) is 1.90. The lowest BCUT2D eigenvalue weighted by atomic mass is 10.1. The van der Waals surface area contributed by atoms with Crippen LogP contribution in [-0.4, -0.2) is 37.5 Å². The first-order valence-corrected chi connectivity index (χ1v) is 6.95. The van der Waals surface area contributed by atoms with Gasteiger partial charge in [-0.25, -0.2) is 0 Å². The second-order valence-electron chi connectivity index (χ2n) is 5.00. The van der Waals surface area contributed by atoms with Crippen LogP contribution in [0, 0.1) is 13.8 Å². The van der Waals surface area contributed by atoms with E-state index in [1.165, 1.54) is 11.1 Å². The Labute approximate surface area is 125 Å². The number of anilines is 2. The van der Waals surface area contributed by atoms with E-state index in [2.05, 4.69) is 47.6 Å². The van der Waals surface area contributed by atoms with E-state index in [1.807, 2.05) is 11.9 Å². The average molecular weight is 290 g/mol. The van der Waals surface area contributed by atoms with E-state index >= 15 is 0 Å². The molecule has 0 fully saturated rings. The Morgan fingerprint density at radius 3 is 2.81 bits per heavy atom. The largest absolute Gasteiger partial charge is 0.406 e. The Morgan fingerprint density at radius 1 is 1.29 bits per heavy atom. The molecule has 0 aliphatic heterocycles. The fraction of sp³-hybridized carbons (Fsp3) is 0.467. The first kappa shape index (κ1) is 15.5. The number of hydrogen-bond acceptors (Lipinski definition) is 6. The third-order valence-corrected chi connectivity index (χ3v) is 3.22. The minimum absolute atomic E-state index is 0.491. The molecule has 0 aliphatic carbocycles. The molecule has 0 bridgehead atoms. The van der Waals surface area contributed by atoms with E-state index in [9.17, 15) is 0 Å². The van der Waals surface area contributed by atoms with Crippen molar-refractivity contribution in [1.29, 1.82) is 0 Å². The van der Waals surface area contributed by atoms with Crippen LogP contribution in [0.25, 0.3) is 0 Å². The summed E-state index contributed by atoms with van der Waals surface area (Å²) in [6.07, 6.45) is 0. The minimum Gasteiger partial charge on any atom is -0.406 e. The molecule has 0 saturated heterocycles. The molecule has 1 aromatic carbocycles. The Bertz CT molecular complexity index is 583. The normalized spacial score (nSPS) is 10.9. The lowest BCUT2D eigenvalue weighted by Gasteiger charge is -2.17. The Balaban J connectivity index is 2.02. The zero-order valence-electron chi connectivity index (χ0n) is 13.0. The van der Waals surface area contributed by atoms with E-state index in [0.29, 0.717) is 25.1 Å². The molecular weight excluding hydrogens is 268 g/mol. The third kappa shape index (κ3) is 4.03. The summed E-state index contributed by atoms with van der Waals surface area (Å²) in [5.74, 6) is 0.567. The molecule has 1 aromatic heterocycles. The molecule has 0 atom stereocenters. The van der Waals surface area contributed by atoms with Crippen molar-refractivity contribution >= 4 is 11.7 Å². The van der Waals surface area contributed by atoms with Gasteiger partial charge >= 0.3 is 6.01 Å². The number of nitrogens with one attached hydrogen (secondary N) is 1. The maximum atomic E-state index is 5.67. The summed E-state index contributed by atoms with van der Waals surface area (Å²) in [7, 11) is 3.60. The molecule has 0 aliphatic rings. The van der Waals surface area contributed by atoms with Crippen LogP contribution < -0.4 is 10.2 Å². The van der Waals surface area contributed by atoms with Gasteiger partial charge in [0.25, 0.3) is 0 Å². The predicted octanol–water partition coefficient (Wildman–Crippen LogP) is 2.19. The van der Waals surface area contributed by atoms with Gasteiger partial charge in [-0.2, -0.15) is 0 Å². The maximum absolute atomic E-state index is 5.67. The molecule has 2 rings (SSSR count). The molecule has 2 aromatic rings. The van der Waals surface area contributed by atoms with Gasteiger partial charge in [-0.3, -0.25) is 4.90 Å². The molecule has 21 heavy (non-hydrogen) atoms. The lowest BCUT2D eigenvalue weighted by Crippen LogP contribution is -2.18. The number of ether oxygens (including phenoxy) is 1. The fourth-order valence-corrected chi connectivity index (χ4v) is 2.11. The monoisotopic (exact) mass is 290 g/mol. The van der Waals surface area contributed by atoms with E-state index in [0.717, 1.165) is 12.2 Å². The number of benzene rings is 1. The van der Waals surface area contributed by atoms with Crippen molar-refractivity contribution in [3.05, 3.63) is 35.2 Å². The first-order chi connectivity index (χ1) is 10.1. The molecule has 1 heterocycles. The topological polar surface area (TPSA) is 63.4 Å². The molecule has 0 amide bonds. The van der Waals surface area contributed by atoms with Gasteiger partial charge in [0, 0.05) is 26.4 Å². The van der Waals surface area contributed by atoms with Crippen LogP contribution >= 0.6 is 0 Å². The van der Waals surface area contributed by atoms with Crippen LogP contribution in [0.3, 0.4) is 0 Å². The van der Waals surface area contributed by atoms with Crippen LogP contribution in [0.4, 0.5) is 11.7 Å². The van der Waals surface area contributed by atoms with Gasteiger partial charge in [0.1, 0.15) is 0 Å². The molecule has 6 nitrogen and oxygen atoms in total. The van der Waals surface area contributed by atoms with Crippen LogP contribution in [0.1, 0.15) is 17.0 Å². The summed E-state index contributed by atoms with van der Waals surface area (Å²) < 4.78 is 10.6. The number of nitrogens with zero attached hydrogens (tertiary/aromatic N) is 3. The number of rotatable bonds is 7. The summed E-state index contributed by atoms with van der Waals surface area (Å²) in [6, 6.07) is 6.76. The van der Waals surface area contributed by atoms with Crippen molar-refractivity contribution in [1.82, 2.24) is 15.5 Å². The molecular formula is C15H22N4O2. The minimum atomic E-state index is 0.491. The van der Waals surface area contributed by atoms with Gasteiger partial charge in [-0.05, 0) is 25.5 Å². The third-order valence-electron chi connectivity index (χ3n) is 3.22. The van der Waals surface area contributed by atoms with E-state index in [4.69, 9.17) is 9.15 Å². The SMILES string of the molecule is COCCNCc1nnc(N(C)c2ccc(C)cc2C)o1. The number of aryl methyl sites for hydroxylation is 2. The zero-order chi connectivity index (χ0) is 15.2. The Morgan fingerprint density at radius 2 is 2.10 bits per heavy atom. The molecule has 0 unspecified atom stereocenters. The lowest BCUT2D eigenvalue weighted by molar-refractivity contribution is 0.198. The first-order valence-electron chi connectivity index (χ1n) is 6.95. The summed E-state index contributed by atoms with van der Waals surface area (Å²) in [5, 5.41) is 11.3. The van der Waals surface area contributed by atoms with Gasteiger partial charge in [-0.1, -0.05) is 22.8 Å². The quantitative estimate of drug-likeness (QED) is 0.789. The summed E-state index contributed by atoms with van der Waals surface area (Å²) in [6.45, 7) is 6.09. The molecule has 0 spiro atoms. The van der Waals surface area contributed by atoms with Crippen LogP contribution in [0.5, 0.6) is 0 Å². The molecule has 6 heteroatoms. The second kappa shape index (κ2) is 7.19. The highest BCUT2D eigenvalue weighted by Crippen LogP contribution is 2.26. The van der Waals surface area contributed by atoms with E-state index in [1.54, 1.807) is 7.11 Å². The van der Waals surface area contributed by atoms with Crippen molar-refractivity contribution in [2.24, 2.45) is 0 Å². The van der Waals surface area contributed by atoms with E-state index < -0.39 is 0 Å². The maximum Gasteiger partial charge on any atom is 0.322 e. The fourth-order valence-electron chi connectivity index (χ4n) is 2.11. The second-order valence-corrected chi connectivity index (χ2v) is 5.00. The number of methoxy groups -OCH3 is 1. The smallest absolute Gasteiger partial charge is 0.322 e. The molecule has 0 radical (unpaired) electrons. The number of hydrogen-bond donors (Lipinski definition) is 1. The average Bonchev–Trinajstić information content (AvgIpc) is 2.92. The highest BCUT2D eigenvalue weighted by Gasteiger charge is 2.14. The molecule has 114 valence electrons. The summed E-state index contributed by atoms with van der Waals surface area (Å²) in [5.41, 5.74) is 3.47. The van der Waals surface area contributed by atoms with Crippen molar-refractivity contribution in [2.75, 3.05) is 32.2 Å². The standard InChI is InChI=1S/C15H22N4O2/c1-11-5-6-13(12(2)9-11)19(3)15-18-17-14(21-15)10-16-7-8-20-4/h5-6,9,16H,7-8,10H2,1-4H3. The summed E-state index contributed by atoms with van der Waals surface area (Å²) >= 11 is 0. The van der Waals surface area contributed by atoms with Crippen LogP contribution in [0.2, 0.25) is 0 Å². The van der Waals surface area contributed by atoms with Gasteiger partial charge in [0.05, 0.1) is 13.2 Å². The van der Waals surface area contributed by atoms with Gasteiger partial charge in [0.15, 0.2) is 0 Å². The van der Waals surface area contributed by atoms with Crippen LogP contribution in [0.15, 0.2) is 22.6 Å². The predicted molar refractivity (Wildman–Crippen MR) is 81.9 cm³/mol. The van der Waals surface area contributed by atoms with Gasteiger partial charge < -0.3 is 14.5 Å². The van der Waals surface area contributed by atoms with Crippen molar-refractivity contribution in [2.45, 2.75) is 20.4 Å². The highest BCUT2D eigenvalue weighted by atomic mass is 16.5. The van der Waals surface area contributed by atoms with Crippen LogP contribution in [-0.2, 0) is 11.3 Å². The Kier molecular flexibility index (Phi) is 5.30. The highest BCUT2D eigenvalue weighted by molar-refractivity contribution is 5.60. The van der Waals surface area contributed by atoms with Gasteiger partial charge in [-0.15, -0.1) is 5.10 Å². The molecule has 0 saturated carbocycles. The van der Waals surface area contributed by atoms with Crippen molar-refractivity contribution in [3.63, 3.8) is 0 Å². The molecule has 1 N–H and O–H groups in total. The van der Waals surface area contributed by atoms with Crippen molar-refractivity contribution < 1.29 is 9.15 Å².